The second-order valence-corrected chi connectivity index (χ2v) is 13.6. The van der Waals surface area contributed by atoms with Gasteiger partial charge in [-0.1, -0.05) is 165 Å². The van der Waals surface area contributed by atoms with Gasteiger partial charge in [-0.15, -0.1) is 0 Å². The Morgan fingerprint density at radius 3 is 1.74 bits per heavy atom. The van der Waals surface area contributed by atoms with Gasteiger partial charge in [0, 0.05) is 16.7 Å². The van der Waals surface area contributed by atoms with Crippen molar-refractivity contribution in [3.63, 3.8) is 0 Å². The van der Waals surface area contributed by atoms with Crippen molar-refractivity contribution in [2.24, 2.45) is 5.92 Å². The van der Waals surface area contributed by atoms with E-state index in [1.54, 1.807) is 0 Å². The molecule has 1 aromatic heterocycles. The van der Waals surface area contributed by atoms with Crippen LogP contribution in [0, 0.1) is 5.92 Å². The number of fused-ring (bicyclic) bond motifs is 7. The van der Waals surface area contributed by atoms with Gasteiger partial charge in [0.15, 0.2) is 0 Å². The van der Waals surface area contributed by atoms with Gasteiger partial charge in [0.2, 0.25) is 0 Å². The summed E-state index contributed by atoms with van der Waals surface area (Å²) < 4.78 is 6.45. The molecular formula is C49H34O. The topological polar surface area (TPSA) is 13.1 Å². The van der Waals surface area contributed by atoms with Crippen molar-refractivity contribution in [3.8, 4) is 33.4 Å². The van der Waals surface area contributed by atoms with Gasteiger partial charge in [0.25, 0.3) is 0 Å². The molecule has 50 heavy (non-hydrogen) atoms. The average molecular weight is 639 g/mol. The van der Waals surface area contributed by atoms with Crippen molar-refractivity contribution in [2.75, 3.05) is 0 Å². The molecule has 0 bridgehead atoms. The van der Waals surface area contributed by atoms with Crippen LogP contribution in [0.5, 0.6) is 0 Å². The van der Waals surface area contributed by atoms with Gasteiger partial charge in [0.05, 0.1) is 0 Å². The maximum absolute atomic E-state index is 6.45. The van der Waals surface area contributed by atoms with Crippen LogP contribution in [0.3, 0.4) is 0 Å². The Morgan fingerprint density at radius 1 is 0.440 bits per heavy atom. The molecule has 1 nitrogen and oxygen atoms in total. The van der Waals surface area contributed by atoms with Crippen molar-refractivity contribution >= 4 is 54.3 Å². The molecule has 0 saturated carbocycles. The van der Waals surface area contributed by atoms with Crippen LogP contribution in [0.4, 0.5) is 0 Å². The van der Waals surface area contributed by atoms with Gasteiger partial charge < -0.3 is 4.42 Å². The minimum atomic E-state index is 0.370. The van der Waals surface area contributed by atoms with E-state index in [1.165, 1.54) is 82.0 Å². The van der Waals surface area contributed by atoms with E-state index in [1.807, 2.05) is 0 Å². The third-order valence-electron chi connectivity index (χ3n) is 10.8. The van der Waals surface area contributed by atoms with E-state index in [9.17, 15) is 0 Å². The maximum atomic E-state index is 6.45. The van der Waals surface area contributed by atoms with E-state index in [0.717, 1.165) is 11.2 Å². The standard InChI is InChI=1S/C49H34O/c1-31-13-2-4-19-37(31)33-15-10-17-35(29-33)46-40-21-6-8-23-42(40)47(43-24-9-7-22-41(43)46)36-18-11-16-34(30-36)39-25-12-26-44-49(39)48-38-20-5-3-14-32(38)27-28-45(48)50-44/h2-31,37H,1H3. The lowest BCUT2D eigenvalue weighted by molar-refractivity contribution is 0.635. The smallest absolute Gasteiger partial charge is 0.136 e. The Balaban J connectivity index is 1.20. The summed E-state index contributed by atoms with van der Waals surface area (Å²) >= 11 is 0. The molecule has 10 rings (SSSR count). The van der Waals surface area contributed by atoms with Crippen LogP contribution in [0.1, 0.15) is 18.4 Å². The minimum absolute atomic E-state index is 0.370. The van der Waals surface area contributed by atoms with Crippen molar-refractivity contribution in [1.82, 2.24) is 0 Å². The van der Waals surface area contributed by atoms with Gasteiger partial charge in [0.1, 0.15) is 11.2 Å². The van der Waals surface area contributed by atoms with Crippen LogP contribution >= 0.6 is 0 Å². The van der Waals surface area contributed by atoms with Gasteiger partial charge in [-0.25, -0.2) is 0 Å². The molecule has 1 aliphatic carbocycles. The monoisotopic (exact) mass is 638 g/mol. The third-order valence-corrected chi connectivity index (χ3v) is 10.8. The first-order valence-electron chi connectivity index (χ1n) is 17.6. The maximum Gasteiger partial charge on any atom is 0.136 e. The highest BCUT2D eigenvalue weighted by Crippen LogP contribution is 2.46. The first-order valence-corrected chi connectivity index (χ1v) is 17.6. The van der Waals surface area contributed by atoms with E-state index >= 15 is 0 Å². The second-order valence-electron chi connectivity index (χ2n) is 13.6. The fourth-order valence-electron chi connectivity index (χ4n) is 8.45. The van der Waals surface area contributed by atoms with Crippen molar-refractivity contribution in [2.45, 2.75) is 12.8 Å². The van der Waals surface area contributed by atoms with E-state index in [-0.39, 0.29) is 0 Å². The summed E-state index contributed by atoms with van der Waals surface area (Å²) in [5.74, 6) is 0.831. The van der Waals surface area contributed by atoms with Crippen LogP contribution in [0.15, 0.2) is 180 Å². The first-order chi connectivity index (χ1) is 24.7. The van der Waals surface area contributed by atoms with Crippen LogP contribution in [-0.2, 0) is 0 Å². The molecule has 0 aliphatic heterocycles. The minimum Gasteiger partial charge on any atom is -0.456 e. The number of hydrogen-bond donors (Lipinski definition) is 0. The van der Waals surface area contributed by atoms with Gasteiger partial charge in [-0.3, -0.25) is 0 Å². The quantitative estimate of drug-likeness (QED) is 0.175. The molecule has 0 N–H and O–H groups in total. The summed E-state index contributed by atoms with van der Waals surface area (Å²) in [5, 5.41) is 9.84. The zero-order valence-corrected chi connectivity index (χ0v) is 27.8. The summed E-state index contributed by atoms with van der Waals surface area (Å²) in [6.07, 6.45) is 9.00. The van der Waals surface area contributed by atoms with E-state index in [2.05, 4.69) is 183 Å². The molecule has 1 heteroatoms. The normalized spacial score (nSPS) is 15.9. The Morgan fingerprint density at radius 2 is 1.02 bits per heavy atom. The molecule has 0 fully saturated rings. The molecule has 0 saturated heterocycles. The molecule has 0 spiro atoms. The molecule has 2 unspecified atom stereocenters. The molecule has 1 heterocycles. The molecule has 1 aliphatic rings. The Labute approximate surface area is 291 Å². The summed E-state index contributed by atoms with van der Waals surface area (Å²) in [6.45, 7) is 2.31. The largest absolute Gasteiger partial charge is 0.456 e. The summed E-state index contributed by atoms with van der Waals surface area (Å²) in [5.41, 5.74) is 10.6. The number of rotatable bonds is 4. The fraction of sp³-hybridized carbons (Fsp3) is 0.0612. The second kappa shape index (κ2) is 11.5. The third kappa shape index (κ3) is 4.47. The highest BCUT2D eigenvalue weighted by Gasteiger charge is 2.21. The molecule has 2 atom stereocenters. The van der Waals surface area contributed by atoms with Crippen LogP contribution in [0.25, 0.3) is 87.6 Å². The summed E-state index contributed by atoms with van der Waals surface area (Å²) in [4.78, 5) is 0. The zero-order valence-electron chi connectivity index (χ0n) is 27.8. The van der Waals surface area contributed by atoms with Crippen LogP contribution < -0.4 is 0 Å². The summed E-state index contributed by atoms with van der Waals surface area (Å²) in [6, 6.07) is 55.5. The molecule has 9 aromatic rings. The molecule has 8 aromatic carbocycles. The van der Waals surface area contributed by atoms with E-state index in [4.69, 9.17) is 4.42 Å². The Hall–Kier alpha value is -6.18. The SMILES string of the molecule is CC1C=CC=CC1c1cccc(-c2c3ccccc3c(-c3cccc(-c4cccc5oc6ccc7ccccc7c6c45)c3)c3ccccc23)c1. The summed E-state index contributed by atoms with van der Waals surface area (Å²) in [7, 11) is 0. The van der Waals surface area contributed by atoms with E-state index in [0.29, 0.717) is 11.8 Å². The number of benzene rings is 8. The van der Waals surface area contributed by atoms with Gasteiger partial charge >= 0.3 is 0 Å². The average Bonchev–Trinajstić information content (AvgIpc) is 3.57. The van der Waals surface area contributed by atoms with Crippen molar-refractivity contribution in [3.05, 3.63) is 182 Å². The zero-order chi connectivity index (χ0) is 33.2. The molecule has 0 radical (unpaired) electrons. The lowest BCUT2D eigenvalue weighted by Crippen LogP contribution is -2.07. The lowest BCUT2D eigenvalue weighted by atomic mass is 9.81. The van der Waals surface area contributed by atoms with Gasteiger partial charge in [-0.2, -0.15) is 0 Å². The predicted molar refractivity (Wildman–Crippen MR) is 213 cm³/mol. The fourth-order valence-corrected chi connectivity index (χ4v) is 8.45. The van der Waals surface area contributed by atoms with Crippen LogP contribution in [-0.4, -0.2) is 0 Å². The highest BCUT2D eigenvalue weighted by molar-refractivity contribution is 6.24. The van der Waals surface area contributed by atoms with Crippen molar-refractivity contribution in [1.29, 1.82) is 0 Å². The number of furan rings is 1. The Bertz CT molecular complexity index is 2790. The molecule has 236 valence electrons. The highest BCUT2D eigenvalue weighted by atomic mass is 16.3. The molecular weight excluding hydrogens is 605 g/mol. The first kappa shape index (κ1) is 28.8. The lowest BCUT2D eigenvalue weighted by Gasteiger charge is -2.22. The van der Waals surface area contributed by atoms with Gasteiger partial charge in [-0.05, 0) is 95.4 Å². The van der Waals surface area contributed by atoms with E-state index < -0.39 is 0 Å². The number of allylic oxidation sites excluding steroid dienone is 4. The van der Waals surface area contributed by atoms with Crippen molar-refractivity contribution < 1.29 is 4.42 Å². The Kier molecular flexibility index (Phi) is 6.60. The molecule has 0 amide bonds. The predicted octanol–water partition coefficient (Wildman–Crippen LogP) is 13.9. The number of hydrogen-bond acceptors (Lipinski definition) is 1. The van der Waals surface area contributed by atoms with Crippen LogP contribution in [0.2, 0.25) is 0 Å².